The average molecular weight is 313 g/mol. The molecule has 0 saturated carbocycles. The molecule has 23 heavy (non-hydrogen) atoms. The largest absolute Gasteiger partial charge is 0.508 e. The molecule has 1 aliphatic heterocycles. The molecule has 1 aliphatic rings. The lowest BCUT2D eigenvalue weighted by Crippen LogP contribution is -2.38. The molecule has 0 atom stereocenters. The molecule has 0 aliphatic carbocycles. The minimum absolute atomic E-state index is 0.327. The number of nitrogens with zero attached hydrogens (tertiary/aromatic N) is 1. The zero-order chi connectivity index (χ0) is 16.1. The van der Waals surface area contributed by atoms with E-state index in [2.05, 4.69) is 4.90 Å². The maximum atomic E-state index is 9.82. The van der Waals surface area contributed by atoms with Crippen LogP contribution < -0.4 is 4.74 Å². The van der Waals surface area contributed by atoms with Gasteiger partial charge in [0.25, 0.3) is 0 Å². The average Bonchev–Trinajstić information content (AvgIpc) is 2.59. The van der Waals surface area contributed by atoms with E-state index >= 15 is 0 Å². The molecule has 2 aromatic carbocycles. The SMILES string of the molecule is Cc1c(O)cccc1-c1ccc(OCCN2CCOCC2)cc1. The Labute approximate surface area is 137 Å². The van der Waals surface area contributed by atoms with Crippen molar-refractivity contribution < 1.29 is 14.6 Å². The summed E-state index contributed by atoms with van der Waals surface area (Å²) < 4.78 is 11.2. The van der Waals surface area contributed by atoms with E-state index in [9.17, 15) is 5.11 Å². The molecule has 4 heteroatoms. The maximum absolute atomic E-state index is 9.82. The lowest BCUT2D eigenvalue weighted by Gasteiger charge is -2.26. The van der Waals surface area contributed by atoms with Crippen LogP contribution in [0.15, 0.2) is 42.5 Å². The molecule has 1 saturated heterocycles. The molecular weight excluding hydrogens is 290 g/mol. The van der Waals surface area contributed by atoms with Gasteiger partial charge in [0.1, 0.15) is 18.1 Å². The summed E-state index contributed by atoms with van der Waals surface area (Å²) in [6, 6.07) is 13.6. The fourth-order valence-electron chi connectivity index (χ4n) is 2.78. The van der Waals surface area contributed by atoms with Gasteiger partial charge in [0.15, 0.2) is 0 Å². The van der Waals surface area contributed by atoms with Crippen LogP contribution in [0.3, 0.4) is 0 Å². The van der Waals surface area contributed by atoms with Crippen LogP contribution >= 0.6 is 0 Å². The van der Waals surface area contributed by atoms with E-state index in [1.54, 1.807) is 6.07 Å². The monoisotopic (exact) mass is 313 g/mol. The van der Waals surface area contributed by atoms with E-state index in [-0.39, 0.29) is 0 Å². The summed E-state index contributed by atoms with van der Waals surface area (Å²) in [6.07, 6.45) is 0. The third-order valence-corrected chi connectivity index (χ3v) is 4.25. The Morgan fingerprint density at radius 3 is 2.57 bits per heavy atom. The molecule has 4 nitrogen and oxygen atoms in total. The molecule has 1 fully saturated rings. The second-order valence-corrected chi connectivity index (χ2v) is 5.78. The highest BCUT2D eigenvalue weighted by Crippen LogP contribution is 2.30. The van der Waals surface area contributed by atoms with Crippen molar-refractivity contribution in [3.63, 3.8) is 0 Å². The van der Waals surface area contributed by atoms with Gasteiger partial charge in [-0.05, 0) is 41.8 Å². The van der Waals surface area contributed by atoms with Crippen LogP contribution in [-0.4, -0.2) is 49.5 Å². The molecule has 1 N–H and O–H groups in total. The number of hydrogen-bond acceptors (Lipinski definition) is 4. The first-order valence-corrected chi connectivity index (χ1v) is 8.06. The lowest BCUT2D eigenvalue weighted by molar-refractivity contribution is 0.0322. The number of ether oxygens (including phenoxy) is 2. The van der Waals surface area contributed by atoms with Crippen molar-refractivity contribution in [2.75, 3.05) is 39.5 Å². The first kappa shape index (κ1) is 15.8. The second kappa shape index (κ2) is 7.49. The summed E-state index contributed by atoms with van der Waals surface area (Å²) in [4.78, 5) is 2.36. The van der Waals surface area contributed by atoms with Crippen molar-refractivity contribution in [2.24, 2.45) is 0 Å². The fourth-order valence-corrected chi connectivity index (χ4v) is 2.78. The van der Waals surface area contributed by atoms with Crippen LogP contribution in [0.5, 0.6) is 11.5 Å². The summed E-state index contributed by atoms with van der Waals surface area (Å²) in [7, 11) is 0. The molecule has 0 aromatic heterocycles. The molecule has 0 amide bonds. The molecule has 0 unspecified atom stereocenters. The second-order valence-electron chi connectivity index (χ2n) is 5.78. The quantitative estimate of drug-likeness (QED) is 0.921. The lowest BCUT2D eigenvalue weighted by atomic mass is 10.00. The number of aromatic hydroxyl groups is 1. The van der Waals surface area contributed by atoms with Crippen molar-refractivity contribution in [2.45, 2.75) is 6.92 Å². The van der Waals surface area contributed by atoms with Gasteiger partial charge in [-0.1, -0.05) is 24.3 Å². The maximum Gasteiger partial charge on any atom is 0.119 e. The van der Waals surface area contributed by atoms with Crippen molar-refractivity contribution in [1.29, 1.82) is 0 Å². The highest BCUT2D eigenvalue weighted by atomic mass is 16.5. The van der Waals surface area contributed by atoms with Crippen molar-refractivity contribution >= 4 is 0 Å². The molecule has 0 spiro atoms. The highest BCUT2D eigenvalue weighted by Gasteiger charge is 2.10. The smallest absolute Gasteiger partial charge is 0.119 e. The van der Waals surface area contributed by atoms with Gasteiger partial charge in [0, 0.05) is 19.6 Å². The van der Waals surface area contributed by atoms with Gasteiger partial charge >= 0.3 is 0 Å². The van der Waals surface area contributed by atoms with Crippen LogP contribution in [-0.2, 0) is 4.74 Å². The van der Waals surface area contributed by atoms with E-state index in [0.717, 1.165) is 55.3 Å². The third kappa shape index (κ3) is 4.03. The van der Waals surface area contributed by atoms with Gasteiger partial charge in [-0.15, -0.1) is 0 Å². The summed E-state index contributed by atoms with van der Waals surface area (Å²) in [5.41, 5.74) is 3.03. The Hall–Kier alpha value is -2.04. The predicted octanol–water partition coefficient (Wildman–Crippen LogP) is 3.08. The Bertz CT molecular complexity index is 634. The van der Waals surface area contributed by atoms with Gasteiger partial charge in [-0.3, -0.25) is 4.90 Å². The van der Waals surface area contributed by atoms with Crippen LogP contribution in [0, 0.1) is 6.92 Å². The standard InChI is InChI=1S/C19H23NO3/c1-15-18(3-2-4-19(15)21)16-5-7-17(8-6-16)23-14-11-20-9-12-22-13-10-20/h2-8,21H,9-14H2,1H3. The topological polar surface area (TPSA) is 41.9 Å². The number of benzene rings is 2. The predicted molar refractivity (Wildman–Crippen MR) is 91.0 cm³/mol. The summed E-state index contributed by atoms with van der Waals surface area (Å²) in [6.45, 7) is 7.15. The van der Waals surface area contributed by atoms with E-state index in [1.807, 2.05) is 43.3 Å². The fraction of sp³-hybridized carbons (Fsp3) is 0.368. The van der Waals surface area contributed by atoms with E-state index in [1.165, 1.54) is 0 Å². The van der Waals surface area contributed by atoms with E-state index < -0.39 is 0 Å². The molecule has 0 radical (unpaired) electrons. The number of phenols is 1. The Morgan fingerprint density at radius 1 is 1.09 bits per heavy atom. The summed E-state index contributed by atoms with van der Waals surface area (Å²) in [5, 5.41) is 9.82. The van der Waals surface area contributed by atoms with E-state index in [0.29, 0.717) is 12.4 Å². The van der Waals surface area contributed by atoms with E-state index in [4.69, 9.17) is 9.47 Å². The summed E-state index contributed by atoms with van der Waals surface area (Å²) in [5.74, 6) is 1.20. The molecule has 1 heterocycles. The molecular formula is C19H23NO3. The van der Waals surface area contributed by atoms with Crippen molar-refractivity contribution in [3.05, 3.63) is 48.0 Å². The van der Waals surface area contributed by atoms with Crippen LogP contribution in [0.2, 0.25) is 0 Å². The van der Waals surface area contributed by atoms with Crippen molar-refractivity contribution in [3.8, 4) is 22.6 Å². The Kier molecular flexibility index (Phi) is 5.16. The van der Waals surface area contributed by atoms with Gasteiger partial charge in [0.2, 0.25) is 0 Å². The number of phenolic OH excluding ortho intramolecular Hbond substituents is 1. The van der Waals surface area contributed by atoms with Gasteiger partial charge < -0.3 is 14.6 Å². The minimum Gasteiger partial charge on any atom is -0.508 e. The zero-order valence-electron chi connectivity index (χ0n) is 13.5. The molecule has 0 bridgehead atoms. The van der Waals surface area contributed by atoms with Gasteiger partial charge in [0.05, 0.1) is 13.2 Å². The number of rotatable bonds is 5. The van der Waals surface area contributed by atoms with Crippen LogP contribution in [0.25, 0.3) is 11.1 Å². The Balaban J connectivity index is 1.57. The Morgan fingerprint density at radius 2 is 1.83 bits per heavy atom. The van der Waals surface area contributed by atoms with Crippen molar-refractivity contribution in [1.82, 2.24) is 4.90 Å². The normalized spacial score (nSPS) is 15.5. The summed E-state index contributed by atoms with van der Waals surface area (Å²) >= 11 is 0. The first-order valence-electron chi connectivity index (χ1n) is 8.06. The zero-order valence-corrected chi connectivity index (χ0v) is 13.5. The molecule has 2 aromatic rings. The highest BCUT2D eigenvalue weighted by molar-refractivity contribution is 5.70. The number of morpholine rings is 1. The van der Waals surface area contributed by atoms with Crippen LogP contribution in [0.1, 0.15) is 5.56 Å². The minimum atomic E-state index is 0.327. The number of hydrogen-bond donors (Lipinski definition) is 1. The first-order chi connectivity index (χ1) is 11.2. The molecule has 122 valence electrons. The van der Waals surface area contributed by atoms with Gasteiger partial charge in [-0.25, -0.2) is 0 Å². The van der Waals surface area contributed by atoms with Gasteiger partial charge in [-0.2, -0.15) is 0 Å². The third-order valence-electron chi connectivity index (χ3n) is 4.25. The molecule has 3 rings (SSSR count). The van der Waals surface area contributed by atoms with Crippen LogP contribution in [0.4, 0.5) is 0 Å².